The van der Waals surface area contributed by atoms with E-state index < -0.39 is 38.6 Å². The molecule has 1 aliphatic heterocycles. The second-order valence-corrected chi connectivity index (χ2v) is 5.93. The van der Waals surface area contributed by atoms with Gasteiger partial charge in [-0.15, -0.1) is 0 Å². The Hall–Kier alpha value is -2.00. The zero-order chi connectivity index (χ0) is 14.9. The van der Waals surface area contributed by atoms with Crippen LogP contribution in [0.25, 0.3) is 0 Å². The van der Waals surface area contributed by atoms with Crippen molar-refractivity contribution in [2.24, 2.45) is 0 Å². The van der Waals surface area contributed by atoms with Crippen molar-refractivity contribution < 1.29 is 22.4 Å². The second kappa shape index (κ2) is 5.17. The zero-order valence-corrected chi connectivity index (χ0v) is 11.0. The van der Waals surface area contributed by atoms with Gasteiger partial charge in [-0.2, -0.15) is 4.72 Å². The lowest BCUT2D eigenvalue weighted by Gasteiger charge is -2.22. The van der Waals surface area contributed by atoms with E-state index in [-0.39, 0.29) is 18.5 Å². The molecule has 4 N–H and O–H groups in total. The van der Waals surface area contributed by atoms with Crippen LogP contribution in [0.5, 0.6) is 0 Å². The number of hydrogen-bond donors (Lipinski definition) is 3. The van der Waals surface area contributed by atoms with Gasteiger partial charge in [0.1, 0.15) is 16.8 Å². The molecule has 1 atom stereocenters. The molecule has 2 rings (SSSR count). The van der Waals surface area contributed by atoms with Gasteiger partial charge in [0.15, 0.2) is 0 Å². The van der Waals surface area contributed by atoms with Crippen LogP contribution in [-0.4, -0.2) is 26.3 Å². The Morgan fingerprint density at radius 3 is 2.65 bits per heavy atom. The number of benzene rings is 1. The van der Waals surface area contributed by atoms with Crippen LogP contribution in [0.2, 0.25) is 0 Å². The minimum Gasteiger partial charge on any atom is -0.398 e. The Kier molecular flexibility index (Phi) is 3.73. The summed E-state index contributed by atoms with van der Waals surface area (Å²) in [4.78, 5) is 21.8. The van der Waals surface area contributed by atoms with E-state index >= 15 is 0 Å². The van der Waals surface area contributed by atoms with Crippen LogP contribution < -0.4 is 15.8 Å². The number of amides is 2. The number of halogens is 1. The molecule has 1 aromatic carbocycles. The van der Waals surface area contributed by atoms with E-state index in [1.165, 1.54) is 12.1 Å². The Labute approximate surface area is 114 Å². The number of hydrogen-bond acceptors (Lipinski definition) is 5. The molecule has 108 valence electrons. The third-order valence-electron chi connectivity index (χ3n) is 2.80. The number of nitrogens with two attached hydrogens (primary N) is 1. The number of carbonyl (C=O) groups excluding carboxylic acids is 2. The van der Waals surface area contributed by atoms with Gasteiger partial charge in [0, 0.05) is 6.42 Å². The maximum absolute atomic E-state index is 13.6. The van der Waals surface area contributed by atoms with Crippen LogP contribution in [-0.2, 0) is 19.6 Å². The number of sulfonamides is 1. The molecule has 0 saturated carbocycles. The van der Waals surface area contributed by atoms with E-state index in [4.69, 9.17) is 5.73 Å². The fraction of sp³-hybridized carbons (Fsp3) is 0.273. The number of rotatable bonds is 3. The van der Waals surface area contributed by atoms with Crippen LogP contribution in [0, 0.1) is 5.82 Å². The number of piperidine rings is 1. The maximum Gasteiger partial charge on any atom is 0.246 e. The van der Waals surface area contributed by atoms with Crippen molar-refractivity contribution in [3.8, 4) is 0 Å². The molecule has 1 fully saturated rings. The molecule has 0 aliphatic carbocycles. The first-order valence-corrected chi connectivity index (χ1v) is 7.19. The molecule has 1 heterocycles. The highest BCUT2D eigenvalue weighted by Gasteiger charge is 2.32. The maximum atomic E-state index is 13.6. The first-order valence-electron chi connectivity index (χ1n) is 5.71. The summed E-state index contributed by atoms with van der Waals surface area (Å²) in [5.74, 6) is -2.25. The Balaban J connectivity index is 2.28. The Bertz CT molecular complexity index is 654. The van der Waals surface area contributed by atoms with E-state index in [9.17, 15) is 22.4 Å². The molecular weight excluding hydrogens is 289 g/mol. The molecule has 0 radical (unpaired) electrons. The Morgan fingerprint density at radius 1 is 1.35 bits per heavy atom. The lowest BCUT2D eigenvalue weighted by atomic mass is 10.1. The van der Waals surface area contributed by atoms with Crippen molar-refractivity contribution in [3.63, 3.8) is 0 Å². The summed E-state index contributed by atoms with van der Waals surface area (Å²) in [7, 11) is -4.29. The van der Waals surface area contributed by atoms with Crippen LogP contribution in [0.4, 0.5) is 10.1 Å². The lowest BCUT2D eigenvalue weighted by molar-refractivity contribution is -0.134. The van der Waals surface area contributed by atoms with E-state index in [0.717, 1.165) is 6.07 Å². The molecule has 1 aromatic rings. The number of nitrogens with one attached hydrogen (secondary N) is 2. The summed E-state index contributed by atoms with van der Waals surface area (Å²) in [5, 5.41) is 2.00. The molecule has 0 spiro atoms. The number of carbonyl (C=O) groups is 2. The summed E-state index contributed by atoms with van der Waals surface area (Å²) >= 11 is 0. The molecule has 9 heteroatoms. The molecule has 1 saturated heterocycles. The average Bonchev–Trinajstić information content (AvgIpc) is 2.32. The topological polar surface area (TPSA) is 118 Å². The predicted molar refractivity (Wildman–Crippen MR) is 67.3 cm³/mol. The van der Waals surface area contributed by atoms with Gasteiger partial charge in [0.25, 0.3) is 0 Å². The van der Waals surface area contributed by atoms with Gasteiger partial charge in [-0.1, -0.05) is 6.07 Å². The van der Waals surface area contributed by atoms with Crippen molar-refractivity contribution >= 4 is 27.5 Å². The third kappa shape index (κ3) is 2.78. The molecule has 7 nitrogen and oxygen atoms in total. The fourth-order valence-electron chi connectivity index (χ4n) is 1.86. The SMILES string of the molecule is Nc1cccc(F)c1S(=O)(=O)NC1CCC(=O)NC1=O. The first kappa shape index (κ1) is 14.4. The summed E-state index contributed by atoms with van der Waals surface area (Å²) in [6, 6.07) is 2.34. The summed E-state index contributed by atoms with van der Waals surface area (Å²) < 4.78 is 39.8. The van der Waals surface area contributed by atoms with Crippen LogP contribution in [0.1, 0.15) is 12.8 Å². The monoisotopic (exact) mass is 301 g/mol. The van der Waals surface area contributed by atoms with E-state index in [0.29, 0.717) is 0 Å². The fourth-order valence-corrected chi connectivity index (χ4v) is 3.28. The highest BCUT2D eigenvalue weighted by Crippen LogP contribution is 2.22. The Morgan fingerprint density at radius 2 is 2.05 bits per heavy atom. The van der Waals surface area contributed by atoms with Crippen LogP contribution in [0.15, 0.2) is 23.1 Å². The van der Waals surface area contributed by atoms with Gasteiger partial charge >= 0.3 is 0 Å². The van der Waals surface area contributed by atoms with E-state index in [2.05, 4.69) is 4.72 Å². The molecule has 1 aliphatic rings. The molecule has 0 aromatic heterocycles. The second-order valence-electron chi connectivity index (χ2n) is 4.28. The molecule has 2 amide bonds. The van der Waals surface area contributed by atoms with Crippen molar-refractivity contribution in [1.82, 2.24) is 10.0 Å². The minimum atomic E-state index is -4.29. The normalized spacial score (nSPS) is 19.8. The van der Waals surface area contributed by atoms with Crippen LogP contribution in [0.3, 0.4) is 0 Å². The lowest BCUT2D eigenvalue weighted by Crippen LogP contribution is -2.52. The molecular formula is C11H12FN3O4S. The van der Waals surface area contributed by atoms with Gasteiger partial charge in [-0.25, -0.2) is 12.8 Å². The quantitative estimate of drug-likeness (QED) is 0.513. The third-order valence-corrected chi connectivity index (χ3v) is 4.37. The number of imide groups is 1. The molecule has 0 bridgehead atoms. The summed E-state index contributed by atoms with van der Waals surface area (Å²) in [5.41, 5.74) is 5.20. The summed E-state index contributed by atoms with van der Waals surface area (Å²) in [6.07, 6.45) is 0.0178. The summed E-state index contributed by atoms with van der Waals surface area (Å²) in [6.45, 7) is 0. The van der Waals surface area contributed by atoms with Crippen molar-refractivity contribution in [2.45, 2.75) is 23.8 Å². The van der Waals surface area contributed by atoms with Crippen molar-refractivity contribution in [2.75, 3.05) is 5.73 Å². The van der Waals surface area contributed by atoms with Gasteiger partial charge < -0.3 is 5.73 Å². The van der Waals surface area contributed by atoms with Crippen molar-refractivity contribution in [1.29, 1.82) is 0 Å². The number of anilines is 1. The zero-order valence-electron chi connectivity index (χ0n) is 10.2. The van der Waals surface area contributed by atoms with Gasteiger partial charge in [0.2, 0.25) is 21.8 Å². The van der Waals surface area contributed by atoms with Gasteiger partial charge in [-0.05, 0) is 18.6 Å². The number of nitrogen functional groups attached to an aromatic ring is 1. The first-order chi connectivity index (χ1) is 9.31. The highest BCUT2D eigenvalue weighted by atomic mass is 32.2. The van der Waals surface area contributed by atoms with Crippen molar-refractivity contribution in [3.05, 3.63) is 24.0 Å². The molecule has 20 heavy (non-hydrogen) atoms. The predicted octanol–water partition coefficient (Wildman–Crippen LogP) is -0.509. The smallest absolute Gasteiger partial charge is 0.246 e. The highest BCUT2D eigenvalue weighted by molar-refractivity contribution is 7.89. The minimum absolute atomic E-state index is 0.00564. The van der Waals surface area contributed by atoms with Gasteiger partial charge in [0.05, 0.1) is 5.69 Å². The van der Waals surface area contributed by atoms with E-state index in [1.807, 2.05) is 5.32 Å². The van der Waals surface area contributed by atoms with E-state index in [1.54, 1.807) is 0 Å². The molecule has 1 unspecified atom stereocenters. The largest absolute Gasteiger partial charge is 0.398 e. The average molecular weight is 301 g/mol. The standard InChI is InChI=1S/C11H12FN3O4S/c12-6-2-1-3-7(13)10(6)20(18,19)15-8-4-5-9(16)14-11(8)17/h1-3,8,15H,4-5,13H2,(H,14,16,17). The van der Waals surface area contributed by atoms with Gasteiger partial charge in [-0.3, -0.25) is 14.9 Å². The van der Waals surface area contributed by atoms with Crippen LogP contribution >= 0.6 is 0 Å².